The highest BCUT2D eigenvalue weighted by atomic mass is 16.5. The fourth-order valence-corrected chi connectivity index (χ4v) is 1.93. The summed E-state index contributed by atoms with van der Waals surface area (Å²) >= 11 is 0. The molecule has 0 fully saturated rings. The summed E-state index contributed by atoms with van der Waals surface area (Å²) in [6.07, 6.45) is 1.01. The van der Waals surface area contributed by atoms with Crippen LogP contribution in [-0.4, -0.2) is 12.6 Å². The van der Waals surface area contributed by atoms with Crippen LogP contribution >= 0.6 is 0 Å². The molecular weight excluding hydrogens is 274 g/mol. The number of rotatable bonds is 7. The first kappa shape index (κ1) is 15.9. The lowest BCUT2D eigenvalue weighted by Gasteiger charge is -2.08. The zero-order chi connectivity index (χ0) is 15.6. The molecule has 0 aliphatic heterocycles. The Kier molecular flexibility index (Phi) is 6.30. The number of guanidine groups is 1. The lowest BCUT2D eigenvalue weighted by molar-refractivity contribution is 0.317. The van der Waals surface area contributed by atoms with Crippen LogP contribution in [-0.2, 0) is 13.1 Å². The van der Waals surface area contributed by atoms with Crippen molar-refractivity contribution in [3.05, 3.63) is 65.7 Å². The standard InChI is InChI=1S/C18H23N3O/c1-2-12-22-17-10-8-16(9-11-17)14-21-18(19)20-13-15-6-4-3-5-7-15/h3-11H,2,12-14H2,1H3,(H3,19,20,21). The quantitative estimate of drug-likeness (QED) is 0.610. The van der Waals surface area contributed by atoms with Gasteiger partial charge in [-0.2, -0.15) is 0 Å². The molecule has 0 saturated heterocycles. The number of hydrogen-bond acceptors (Lipinski definition) is 2. The number of nitrogens with zero attached hydrogens (tertiary/aromatic N) is 1. The van der Waals surface area contributed by atoms with E-state index in [1.807, 2.05) is 54.6 Å². The number of hydrogen-bond donors (Lipinski definition) is 2. The molecule has 22 heavy (non-hydrogen) atoms. The maximum atomic E-state index is 5.88. The number of ether oxygens (including phenoxy) is 1. The first-order valence-corrected chi connectivity index (χ1v) is 7.57. The van der Waals surface area contributed by atoms with Crippen molar-refractivity contribution in [1.29, 1.82) is 0 Å². The van der Waals surface area contributed by atoms with E-state index in [9.17, 15) is 0 Å². The lowest BCUT2D eigenvalue weighted by atomic mass is 10.2. The van der Waals surface area contributed by atoms with Crippen molar-refractivity contribution < 1.29 is 4.74 Å². The largest absolute Gasteiger partial charge is 0.494 e. The Morgan fingerprint density at radius 2 is 1.77 bits per heavy atom. The van der Waals surface area contributed by atoms with Gasteiger partial charge in [-0.15, -0.1) is 0 Å². The average molecular weight is 297 g/mol. The van der Waals surface area contributed by atoms with Crippen LogP contribution in [0, 0.1) is 0 Å². The fraction of sp³-hybridized carbons (Fsp3) is 0.278. The number of aliphatic imine (C=N–C) groups is 1. The monoisotopic (exact) mass is 297 g/mol. The Labute approximate surface area is 132 Å². The Bertz CT molecular complexity index is 579. The molecule has 116 valence electrons. The van der Waals surface area contributed by atoms with Gasteiger partial charge in [-0.05, 0) is 29.7 Å². The smallest absolute Gasteiger partial charge is 0.189 e. The molecule has 2 rings (SSSR count). The van der Waals surface area contributed by atoms with Gasteiger partial charge in [0.25, 0.3) is 0 Å². The van der Waals surface area contributed by atoms with Crippen LogP contribution in [0.5, 0.6) is 5.75 Å². The van der Waals surface area contributed by atoms with Gasteiger partial charge < -0.3 is 15.8 Å². The van der Waals surface area contributed by atoms with E-state index in [0.29, 0.717) is 19.0 Å². The molecule has 0 aliphatic carbocycles. The fourth-order valence-electron chi connectivity index (χ4n) is 1.93. The SMILES string of the molecule is CCCOc1ccc(CNC(N)=NCc2ccccc2)cc1. The highest BCUT2D eigenvalue weighted by Gasteiger charge is 1.97. The van der Waals surface area contributed by atoms with E-state index >= 15 is 0 Å². The van der Waals surface area contributed by atoms with Gasteiger partial charge >= 0.3 is 0 Å². The summed E-state index contributed by atoms with van der Waals surface area (Å²) < 4.78 is 5.55. The molecule has 0 aliphatic rings. The predicted molar refractivity (Wildman–Crippen MR) is 90.8 cm³/mol. The number of nitrogens with one attached hydrogen (secondary N) is 1. The molecule has 0 unspecified atom stereocenters. The minimum absolute atomic E-state index is 0.454. The van der Waals surface area contributed by atoms with Crippen LogP contribution in [0.1, 0.15) is 24.5 Å². The van der Waals surface area contributed by atoms with Gasteiger partial charge in [0.05, 0.1) is 13.2 Å². The van der Waals surface area contributed by atoms with E-state index < -0.39 is 0 Å². The topological polar surface area (TPSA) is 59.6 Å². The number of benzene rings is 2. The molecule has 0 bridgehead atoms. The van der Waals surface area contributed by atoms with Crippen LogP contribution in [0.4, 0.5) is 0 Å². The van der Waals surface area contributed by atoms with Crippen molar-refractivity contribution in [3.8, 4) is 5.75 Å². The van der Waals surface area contributed by atoms with Crippen molar-refractivity contribution in [3.63, 3.8) is 0 Å². The van der Waals surface area contributed by atoms with E-state index in [2.05, 4.69) is 17.2 Å². The third-order valence-corrected chi connectivity index (χ3v) is 3.14. The third-order valence-electron chi connectivity index (χ3n) is 3.14. The zero-order valence-corrected chi connectivity index (χ0v) is 13.0. The predicted octanol–water partition coefficient (Wildman–Crippen LogP) is 3.08. The highest BCUT2D eigenvalue weighted by Crippen LogP contribution is 2.12. The van der Waals surface area contributed by atoms with E-state index in [0.717, 1.165) is 29.9 Å². The maximum Gasteiger partial charge on any atom is 0.189 e. The molecule has 3 N–H and O–H groups in total. The molecule has 0 atom stereocenters. The Morgan fingerprint density at radius 1 is 1.05 bits per heavy atom. The molecule has 0 aromatic heterocycles. The summed E-state index contributed by atoms with van der Waals surface area (Å²) in [7, 11) is 0. The first-order valence-electron chi connectivity index (χ1n) is 7.57. The molecule has 0 amide bonds. The van der Waals surface area contributed by atoms with Crippen LogP contribution in [0.25, 0.3) is 0 Å². The summed E-state index contributed by atoms with van der Waals surface area (Å²) in [6, 6.07) is 18.1. The summed E-state index contributed by atoms with van der Waals surface area (Å²) in [5.41, 5.74) is 8.16. The van der Waals surface area contributed by atoms with E-state index in [-0.39, 0.29) is 0 Å². The van der Waals surface area contributed by atoms with Crippen LogP contribution < -0.4 is 15.8 Å². The molecule has 2 aromatic carbocycles. The minimum Gasteiger partial charge on any atom is -0.494 e. The van der Waals surface area contributed by atoms with Crippen LogP contribution in [0.2, 0.25) is 0 Å². The van der Waals surface area contributed by atoms with E-state index in [1.54, 1.807) is 0 Å². The van der Waals surface area contributed by atoms with Gasteiger partial charge in [0.15, 0.2) is 5.96 Å². The highest BCUT2D eigenvalue weighted by molar-refractivity contribution is 5.77. The lowest BCUT2D eigenvalue weighted by Crippen LogP contribution is -2.31. The van der Waals surface area contributed by atoms with Gasteiger partial charge in [0, 0.05) is 6.54 Å². The summed E-state index contributed by atoms with van der Waals surface area (Å²) in [4.78, 5) is 4.33. The van der Waals surface area contributed by atoms with E-state index in [1.165, 1.54) is 0 Å². The molecule has 0 radical (unpaired) electrons. The van der Waals surface area contributed by atoms with Crippen molar-refractivity contribution in [2.75, 3.05) is 6.61 Å². The molecule has 2 aromatic rings. The molecular formula is C18H23N3O. The zero-order valence-electron chi connectivity index (χ0n) is 13.0. The molecule has 4 heteroatoms. The average Bonchev–Trinajstić information content (AvgIpc) is 2.58. The summed E-state index contributed by atoms with van der Waals surface area (Å²) in [5, 5.41) is 3.12. The Hall–Kier alpha value is -2.49. The van der Waals surface area contributed by atoms with Gasteiger partial charge in [0.1, 0.15) is 5.75 Å². The van der Waals surface area contributed by atoms with Crippen LogP contribution in [0.15, 0.2) is 59.6 Å². The Morgan fingerprint density at radius 3 is 2.45 bits per heavy atom. The second-order valence-corrected chi connectivity index (χ2v) is 5.03. The summed E-state index contributed by atoms with van der Waals surface area (Å²) in [5.74, 6) is 1.35. The maximum absolute atomic E-state index is 5.88. The van der Waals surface area contributed by atoms with Crippen molar-refractivity contribution in [2.24, 2.45) is 10.7 Å². The van der Waals surface area contributed by atoms with Crippen molar-refractivity contribution >= 4 is 5.96 Å². The van der Waals surface area contributed by atoms with Gasteiger partial charge in [0.2, 0.25) is 0 Å². The molecule has 0 spiro atoms. The molecule has 0 heterocycles. The van der Waals surface area contributed by atoms with Crippen LogP contribution in [0.3, 0.4) is 0 Å². The molecule has 0 saturated carbocycles. The second kappa shape index (κ2) is 8.72. The number of nitrogens with two attached hydrogens (primary N) is 1. The van der Waals surface area contributed by atoms with Gasteiger partial charge in [-0.25, -0.2) is 4.99 Å². The first-order chi connectivity index (χ1) is 10.8. The van der Waals surface area contributed by atoms with Crippen molar-refractivity contribution in [1.82, 2.24) is 5.32 Å². The third kappa shape index (κ3) is 5.48. The van der Waals surface area contributed by atoms with Gasteiger partial charge in [-0.1, -0.05) is 49.4 Å². The Balaban J connectivity index is 1.79. The van der Waals surface area contributed by atoms with Crippen molar-refractivity contribution in [2.45, 2.75) is 26.4 Å². The molecule has 4 nitrogen and oxygen atoms in total. The van der Waals surface area contributed by atoms with Gasteiger partial charge in [-0.3, -0.25) is 0 Å². The summed E-state index contributed by atoms with van der Waals surface area (Å²) in [6.45, 7) is 4.08. The second-order valence-electron chi connectivity index (χ2n) is 5.03. The minimum atomic E-state index is 0.454. The normalized spacial score (nSPS) is 11.2. The van der Waals surface area contributed by atoms with E-state index in [4.69, 9.17) is 10.5 Å².